The smallest absolute Gasteiger partial charge is 0.387 e. The lowest BCUT2D eigenvalue weighted by molar-refractivity contribution is -0.0498. The number of sulfone groups is 1. The molecule has 0 N–H and O–H groups in total. The molecule has 1 heterocycles. The van der Waals surface area contributed by atoms with Gasteiger partial charge in [-0.3, -0.25) is 4.98 Å². The largest absolute Gasteiger partial charge is 0.435 e. The van der Waals surface area contributed by atoms with E-state index in [0.717, 1.165) is 6.20 Å². The molecule has 3 rings (SSSR count). The van der Waals surface area contributed by atoms with E-state index >= 15 is 0 Å². The summed E-state index contributed by atoms with van der Waals surface area (Å²) in [6, 6.07) is 8.24. The molecule has 0 fully saturated rings. The average Bonchev–Trinajstić information content (AvgIpc) is 2.56. The molecule has 3 aromatic rings. The van der Waals surface area contributed by atoms with Crippen LogP contribution in [0.15, 0.2) is 47.6 Å². The summed E-state index contributed by atoms with van der Waals surface area (Å²) in [7, 11) is -3.80. The highest BCUT2D eigenvalue weighted by molar-refractivity contribution is 7.90. The second-order valence-electron chi connectivity index (χ2n) is 5.24. The van der Waals surface area contributed by atoms with Gasteiger partial charge in [0.25, 0.3) is 0 Å². The molecule has 0 saturated heterocycles. The third-order valence-electron chi connectivity index (χ3n) is 3.39. The minimum Gasteiger partial charge on any atom is -0.435 e. The van der Waals surface area contributed by atoms with E-state index in [-0.39, 0.29) is 26.6 Å². The number of rotatable bonds is 5. The first-order chi connectivity index (χ1) is 12.2. The Bertz CT molecular complexity index is 1060. The van der Waals surface area contributed by atoms with Gasteiger partial charge in [0.15, 0.2) is 5.03 Å². The maximum atomic E-state index is 12.5. The molecule has 136 valence electrons. The normalized spacial score (nSPS) is 11.9. The number of halogens is 4. The molecule has 0 unspecified atom stereocenters. The highest BCUT2D eigenvalue weighted by atomic mass is 35.5. The summed E-state index contributed by atoms with van der Waals surface area (Å²) in [6.07, 6.45) is 1.14. The van der Waals surface area contributed by atoms with Gasteiger partial charge in [-0.05, 0) is 29.8 Å². The molecule has 2 aromatic carbocycles. The Morgan fingerprint density at radius 3 is 2.27 bits per heavy atom. The molecule has 5 nitrogen and oxygen atoms in total. The van der Waals surface area contributed by atoms with Crippen molar-refractivity contribution in [3.8, 4) is 5.75 Å². The topological polar surface area (TPSA) is 69.2 Å². The van der Waals surface area contributed by atoms with Gasteiger partial charge in [0, 0.05) is 0 Å². The van der Waals surface area contributed by atoms with E-state index in [2.05, 4.69) is 14.7 Å². The van der Waals surface area contributed by atoms with Crippen LogP contribution in [0.4, 0.5) is 8.78 Å². The van der Waals surface area contributed by atoms with Gasteiger partial charge in [0.1, 0.15) is 5.75 Å². The molecule has 0 spiro atoms. The van der Waals surface area contributed by atoms with Crippen molar-refractivity contribution in [3.63, 3.8) is 0 Å². The first-order valence-corrected chi connectivity index (χ1v) is 9.54. The number of nitrogens with zero attached hydrogens (tertiary/aromatic N) is 2. The molecule has 0 bridgehead atoms. The molecule has 26 heavy (non-hydrogen) atoms. The van der Waals surface area contributed by atoms with E-state index in [9.17, 15) is 17.2 Å². The van der Waals surface area contributed by atoms with Gasteiger partial charge in [-0.1, -0.05) is 35.3 Å². The third-order valence-corrected chi connectivity index (χ3v) is 5.66. The van der Waals surface area contributed by atoms with E-state index in [0.29, 0.717) is 16.6 Å². The van der Waals surface area contributed by atoms with Crippen LogP contribution in [0.2, 0.25) is 10.0 Å². The van der Waals surface area contributed by atoms with Crippen molar-refractivity contribution in [2.45, 2.75) is 17.4 Å². The van der Waals surface area contributed by atoms with Gasteiger partial charge in [-0.25, -0.2) is 13.4 Å². The number of aromatic nitrogens is 2. The van der Waals surface area contributed by atoms with Crippen LogP contribution in [0.5, 0.6) is 5.75 Å². The molecule has 0 saturated carbocycles. The van der Waals surface area contributed by atoms with Gasteiger partial charge in [-0.2, -0.15) is 8.78 Å². The third kappa shape index (κ3) is 4.20. The van der Waals surface area contributed by atoms with E-state index in [1.165, 1.54) is 36.4 Å². The van der Waals surface area contributed by atoms with Crippen LogP contribution in [0.25, 0.3) is 11.0 Å². The molecule has 10 heteroatoms. The number of benzene rings is 2. The van der Waals surface area contributed by atoms with Crippen molar-refractivity contribution in [1.82, 2.24) is 9.97 Å². The number of hydrogen-bond donors (Lipinski definition) is 0. The van der Waals surface area contributed by atoms with Crippen molar-refractivity contribution in [2.24, 2.45) is 0 Å². The number of ether oxygens (including phenoxy) is 1. The Morgan fingerprint density at radius 1 is 1.04 bits per heavy atom. The minimum atomic E-state index is -3.80. The zero-order valence-corrected chi connectivity index (χ0v) is 15.2. The van der Waals surface area contributed by atoms with Crippen LogP contribution in [0.3, 0.4) is 0 Å². The molecule has 0 aliphatic heterocycles. The Hall–Kier alpha value is -2.03. The lowest BCUT2D eigenvalue weighted by Gasteiger charge is -2.07. The van der Waals surface area contributed by atoms with Crippen molar-refractivity contribution in [1.29, 1.82) is 0 Å². The second-order valence-corrected chi connectivity index (χ2v) is 8.00. The van der Waals surface area contributed by atoms with Crippen molar-refractivity contribution < 1.29 is 21.9 Å². The summed E-state index contributed by atoms with van der Waals surface area (Å²) in [5, 5.41) is 0.295. The van der Waals surface area contributed by atoms with Crippen LogP contribution >= 0.6 is 23.2 Å². The number of fused-ring (bicyclic) bond motifs is 1. The SMILES string of the molecule is O=S(=O)(Cc1ccc(OC(F)F)cc1)c1cnc2cc(Cl)c(Cl)cc2n1. The summed E-state index contributed by atoms with van der Waals surface area (Å²) < 4.78 is 53.6. The van der Waals surface area contributed by atoms with Gasteiger partial charge < -0.3 is 4.74 Å². The number of hydrogen-bond acceptors (Lipinski definition) is 5. The van der Waals surface area contributed by atoms with Crippen molar-refractivity contribution in [3.05, 3.63) is 58.2 Å². The monoisotopic (exact) mass is 418 g/mol. The summed E-state index contributed by atoms with van der Waals surface area (Å²) in [4.78, 5) is 8.13. The average molecular weight is 419 g/mol. The van der Waals surface area contributed by atoms with E-state index in [1.54, 1.807) is 0 Å². The fourth-order valence-electron chi connectivity index (χ4n) is 2.20. The summed E-state index contributed by atoms with van der Waals surface area (Å²) in [5.74, 6) is -0.429. The summed E-state index contributed by atoms with van der Waals surface area (Å²) in [6.45, 7) is -2.95. The van der Waals surface area contributed by atoms with Crippen molar-refractivity contribution >= 4 is 44.1 Å². The maximum absolute atomic E-state index is 12.5. The van der Waals surface area contributed by atoms with Gasteiger partial charge in [-0.15, -0.1) is 0 Å². The molecule has 0 atom stereocenters. The fraction of sp³-hybridized carbons (Fsp3) is 0.125. The molecule has 0 radical (unpaired) electrons. The van der Waals surface area contributed by atoms with Crippen LogP contribution < -0.4 is 4.74 Å². The van der Waals surface area contributed by atoms with Crippen LogP contribution in [0, 0.1) is 0 Å². The van der Waals surface area contributed by atoms with Crippen LogP contribution in [-0.2, 0) is 15.6 Å². The molecule has 0 aliphatic rings. The lowest BCUT2D eigenvalue weighted by Crippen LogP contribution is -2.08. The Kier molecular flexibility index (Phi) is 5.27. The standard InChI is InChI=1S/C16H10Cl2F2N2O3S/c17-11-5-13-14(6-12(11)18)22-15(7-21-13)26(23,24)8-9-1-3-10(4-2-9)25-16(19)20/h1-7,16H,8H2. The summed E-state index contributed by atoms with van der Waals surface area (Å²) in [5.41, 5.74) is 1.09. The predicted molar refractivity (Wildman–Crippen MR) is 93.5 cm³/mol. The Labute approximate surface area is 157 Å². The first-order valence-electron chi connectivity index (χ1n) is 7.13. The van der Waals surface area contributed by atoms with Gasteiger partial charge in [0.05, 0.1) is 33.0 Å². The zero-order chi connectivity index (χ0) is 18.9. The Morgan fingerprint density at radius 2 is 1.65 bits per heavy atom. The summed E-state index contributed by atoms with van der Waals surface area (Å²) >= 11 is 11.8. The van der Waals surface area contributed by atoms with E-state index in [1.807, 2.05) is 0 Å². The molecule has 1 aromatic heterocycles. The van der Waals surface area contributed by atoms with E-state index in [4.69, 9.17) is 23.2 Å². The highest BCUT2D eigenvalue weighted by Crippen LogP contribution is 2.27. The molecule has 0 amide bonds. The molecular weight excluding hydrogens is 409 g/mol. The predicted octanol–water partition coefficient (Wildman–Crippen LogP) is 4.51. The van der Waals surface area contributed by atoms with Gasteiger partial charge in [0.2, 0.25) is 9.84 Å². The molecule has 0 aliphatic carbocycles. The number of alkyl halides is 2. The maximum Gasteiger partial charge on any atom is 0.387 e. The first kappa shape index (κ1) is 18.8. The van der Waals surface area contributed by atoms with Crippen molar-refractivity contribution in [2.75, 3.05) is 0 Å². The van der Waals surface area contributed by atoms with Gasteiger partial charge >= 0.3 is 6.61 Å². The lowest BCUT2D eigenvalue weighted by atomic mass is 10.2. The fourth-order valence-corrected chi connectivity index (χ4v) is 3.75. The Balaban J connectivity index is 1.88. The quantitative estimate of drug-likeness (QED) is 0.609. The van der Waals surface area contributed by atoms with Crippen LogP contribution in [-0.4, -0.2) is 25.0 Å². The minimum absolute atomic E-state index is 0.0573. The highest BCUT2D eigenvalue weighted by Gasteiger charge is 2.19. The molecular formula is C16H10Cl2F2N2O3S. The second kappa shape index (κ2) is 7.30. The van der Waals surface area contributed by atoms with E-state index < -0.39 is 16.4 Å². The zero-order valence-electron chi connectivity index (χ0n) is 12.9. The van der Waals surface area contributed by atoms with Crippen LogP contribution in [0.1, 0.15) is 5.56 Å².